The fourth-order valence-electron chi connectivity index (χ4n) is 2.10. The molecule has 2 aromatic rings. The Bertz CT molecular complexity index is 784. The predicted molar refractivity (Wildman–Crippen MR) is 107 cm³/mol. The summed E-state index contributed by atoms with van der Waals surface area (Å²) in [6.45, 7) is 2.50. The van der Waals surface area contributed by atoms with Gasteiger partial charge in [0.05, 0.1) is 13.2 Å². The molecule has 0 unspecified atom stereocenters. The lowest BCUT2D eigenvalue weighted by atomic mass is 10.2. The van der Waals surface area contributed by atoms with Crippen molar-refractivity contribution >= 4 is 24.1 Å². The molecule has 0 bridgehead atoms. The average molecular weight is 365 g/mol. The number of nitrogens with zero attached hydrogens (tertiary/aromatic N) is 1. The van der Waals surface area contributed by atoms with Crippen LogP contribution in [0, 0.1) is 0 Å². The van der Waals surface area contributed by atoms with Gasteiger partial charge in [0.25, 0.3) is 11.8 Å². The van der Waals surface area contributed by atoms with Crippen molar-refractivity contribution in [1.29, 1.82) is 0 Å². The molecule has 0 radical (unpaired) electrons. The average Bonchev–Trinajstić information content (AvgIpc) is 2.71. The summed E-state index contributed by atoms with van der Waals surface area (Å²) in [5.41, 5.74) is 3.85. The van der Waals surface area contributed by atoms with Crippen molar-refractivity contribution in [3.63, 3.8) is 0 Å². The number of nitrogens with one attached hydrogen (secondary N) is 2. The molecule has 0 atom stereocenters. The second-order valence-electron chi connectivity index (χ2n) is 5.64. The van der Waals surface area contributed by atoms with Crippen LogP contribution in [0.25, 0.3) is 6.08 Å². The van der Waals surface area contributed by atoms with Crippen LogP contribution in [0.15, 0.2) is 65.8 Å². The summed E-state index contributed by atoms with van der Waals surface area (Å²) < 4.78 is 5.46. The van der Waals surface area contributed by atoms with Crippen LogP contribution >= 0.6 is 0 Å². The molecular formula is C21H23N3O3. The van der Waals surface area contributed by atoms with Gasteiger partial charge in [0.2, 0.25) is 0 Å². The number of hydrogen-bond donors (Lipinski definition) is 2. The number of ether oxygens (including phenoxy) is 1. The van der Waals surface area contributed by atoms with E-state index in [-0.39, 0.29) is 12.5 Å². The molecular weight excluding hydrogens is 342 g/mol. The smallest absolute Gasteiger partial charge is 0.259 e. The largest absolute Gasteiger partial charge is 0.494 e. The van der Waals surface area contributed by atoms with Crippen LogP contribution in [0.1, 0.15) is 29.3 Å². The molecule has 0 saturated carbocycles. The second-order valence-corrected chi connectivity index (χ2v) is 5.64. The van der Waals surface area contributed by atoms with Crippen molar-refractivity contribution in [3.8, 4) is 5.75 Å². The standard InChI is InChI=1S/C21H23N3O3/c1-2-15-27-19-12-10-18(11-13-19)21(26)22-16-20(25)24-23-14-6-9-17-7-4-3-5-8-17/h3-14H,2,15-16H2,1H3,(H,22,26)(H,24,25). The fraction of sp³-hybridized carbons (Fsp3) is 0.190. The van der Waals surface area contributed by atoms with Crippen molar-refractivity contribution in [3.05, 3.63) is 71.8 Å². The van der Waals surface area contributed by atoms with Crippen molar-refractivity contribution in [1.82, 2.24) is 10.7 Å². The lowest BCUT2D eigenvalue weighted by Crippen LogP contribution is -2.34. The Morgan fingerprint density at radius 3 is 2.52 bits per heavy atom. The molecule has 0 aliphatic heterocycles. The summed E-state index contributed by atoms with van der Waals surface area (Å²) in [7, 11) is 0. The van der Waals surface area contributed by atoms with Crippen molar-refractivity contribution in [2.75, 3.05) is 13.2 Å². The highest BCUT2D eigenvalue weighted by Gasteiger charge is 2.07. The number of allylic oxidation sites excluding steroid dienone is 1. The van der Waals surface area contributed by atoms with Crippen LogP contribution in [-0.4, -0.2) is 31.2 Å². The maximum Gasteiger partial charge on any atom is 0.259 e. The van der Waals surface area contributed by atoms with E-state index in [9.17, 15) is 9.59 Å². The zero-order chi connectivity index (χ0) is 19.3. The number of hydrogen-bond acceptors (Lipinski definition) is 4. The lowest BCUT2D eigenvalue weighted by Gasteiger charge is -2.06. The topological polar surface area (TPSA) is 79.8 Å². The van der Waals surface area contributed by atoms with E-state index >= 15 is 0 Å². The van der Waals surface area contributed by atoms with Crippen molar-refractivity contribution < 1.29 is 14.3 Å². The van der Waals surface area contributed by atoms with Crippen LogP contribution in [0.4, 0.5) is 0 Å². The van der Waals surface area contributed by atoms with E-state index in [4.69, 9.17) is 4.74 Å². The maximum atomic E-state index is 12.0. The highest BCUT2D eigenvalue weighted by Crippen LogP contribution is 2.12. The predicted octanol–water partition coefficient (Wildman–Crippen LogP) is 3.02. The summed E-state index contributed by atoms with van der Waals surface area (Å²) in [4.78, 5) is 23.7. The molecule has 0 aliphatic carbocycles. The Kier molecular flexibility index (Phi) is 8.30. The minimum atomic E-state index is -0.407. The van der Waals surface area contributed by atoms with E-state index < -0.39 is 5.91 Å². The van der Waals surface area contributed by atoms with Gasteiger partial charge < -0.3 is 10.1 Å². The summed E-state index contributed by atoms with van der Waals surface area (Å²) in [6.07, 6.45) is 5.98. The zero-order valence-corrected chi connectivity index (χ0v) is 15.2. The molecule has 27 heavy (non-hydrogen) atoms. The first-order valence-electron chi connectivity index (χ1n) is 8.73. The third-order valence-corrected chi connectivity index (χ3v) is 3.44. The number of benzene rings is 2. The Labute approximate surface area is 158 Å². The summed E-state index contributed by atoms with van der Waals surface area (Å²) >= 11 is 0. The normalized spacial score (nSPS) is 10.9. The Hall–Kier alpha value is -3.41. The molecule has 6 nitrogen and oxygen atoms in total. The molecule has 0 aliphatic rings. The number of amides is 2. The Balaban J connectivity index is 1.70. The Morgan fingerprint density at radius 1 is 1.07 bits per heavy atom. The summed E-state index contributed by atoms with van der Waals surface area (Å²) in [5, 5.41) is 6.34. The molecule has 2 aromatic carbocycles. The van der Waals surface area contributed by atoms with Gasteiger partial charge in [-0.15, -0.1) is 0 Å². The molecule has 0 saturated heterocycles. The molecule has 0 heterocycles. The van der Waals surface area contributed by atoms with Crippen molar-refractivity contribution in [2.45, 2.75) is 13.3 Å². The first-order chi connectivity index (χ1) is 13.2. The molecule has 2 N–H and O–H groups in total. The van der Waals surface area contributed by atoms with Crippen molar-refractivity contribution in [2.24, 2.45) is 5.10 Å². The molecule has 0 spiro atoms. The maximum absolute atomic E-state index is 12.0. The summed E-state index contributed by atoms with van der Waals surface area (Å²) in [6, 6.07) is 16.5. The van der Waals surface area contributed by atoms with Gasteiger partial charge in [-0.1, -0.05) is 43.3 Å². The first kappa shape index (κ1) is 19.9. The van der Waals surface area contributed by atoms with E-state index in [0.29, 0.717) is 17.9 Å². The lowest BCUT2D eigenvalue weighted by molar-refractivity contribution is -0.120. The van der Waals surface area contributed by atoms with Gasteiger partial charge in [-0.3, -0.25) is 9.59 Å². The highest BCUT2D eigenvalue weighted by molar-refractivity contribution is 5.96. The van der Waals surface area contributed by atoms with Gasteiger partial charge >= 0.3 is 0 Å². The van der Waals surface area contributed by atoms with Gasteiger partial charge in [0, 0.05) is 11.8 Å². The van der Waals surface area contributed by atoms with Gasteiger partial charge in [-0.05, 0) is 42.3 Å². The van der Waals surface area contributed by atoms with E-state index in [1.54, 1.807) is 30.3 Å². The third kappa shape index (κ3) is 7.56. The van der Waals surface area contributed by atoms with E-state index in [1.165, 1.54) is 6.21 Å². The van der Waals surface area contributed by atoms with Gasteiger partial charge in [0.15, 0.2) is 0 Å². The van der Waals surface area contributed by atoms with Gasteiger partial charge in [-0.2, -0.15) is 5.10 Å². The molecule has 0 aromatic heterocycles. The zero-order valence-electron chi connectivity index (χ0n) is 15.2. The molecule has 2 amide bonds. The van der Waals surface area contributed by atoms with E-state index in [1.807, 2.05) is 43.3 Å². The number of rotatable bonds is 9. The fourth-order valence-corrected chi connectivity index (χ4v) is 2.10. The van der Waals surface area contributed by atoms with Gasteiger partial charge in [-0.25, -0.2) is 5.43 Å². The van der Waals surface area contributed by atoms with E-state index in [2.05, 4.69) is 15.8 Å². The quantitative estimate of drug-likeness (QED) is 0.529. The molecule has 2 rings (SSSR count). The van der Waals surface area contributed by atoms with E-state index in [0.717, 1.165) is 12.0 Å². The van der Waals surface area contributed by atoms with Crippen LogP contribution < -0.4 is 15.5 Å². The third-order valence-electron chi connectivity index (χ3n) is 3.44. The minimum absolute atomic E-state index is 0.160. The van der Waals surface area contributed by atoms with Crippen LogP contribution in [0.2, 0.25) is 0 Å². The monoisotopic (exact) mass is 365 g/mol. The number of carbonyl (C=O) groups is 2. The van der Waals surface area contributed by atoms with Crippen LogP contribution in [0.3, 0.4) is 0 Å². The van der Waals surface area contributed by atoms with Crippen LogP contribution in [-0.2, 0) is 4.79 Å². The summed E-state index contributed by atoms with van der Waals surface area (Å²) in [5.74, 6) is -0.0280. The number of hydrazone groups is 1. The number of carbonyl (C=O) groups excluding carboxylic acids is 2. The minimum Gasteiger partial charge on any atom is -0.494 e. The Morgan fingerprint density at radius 2 is 1.81 bits per heavy atom. The van der Waals surface area contributed by atoms with Crippen LogP contribution in [0.5, 0.6) is 5.75 Å². The molecule has 6 heteroatoms. The van der Waals surface area contributed by atoms with Gasteiger partial charge in [0.1, 0.15) is 5.75 Å². The molecule has 140 valence electrons. The second kappa shape index (κ2) is 11.3. The highest BCUT2D eigenvalue weighted by atomic mass is 16.5. The SMILES string of the molecule is CCCOc1ccc(C(=O)NCC(=O)NN=CC=Cc2ccccc2)cc1. The first-order valence-corrected chi connectivity index (χ1v) is 8.73. The molecule has 0 fully saturated rings.